The van der Waals surface area contributed by atoms with E-state index < -0.39 is 0 Å². The molecule has 0 saturated heterocycles. The molecule has 3 heteroatoms. The maximum Gasteiger partial charge on any atom is 4.00 e. The second-order valence-electron chi connectivity index (χ2n) is 5.13. The summed E-state index contributed by atoms with van der Waals surface area (Å²) in [6.45, 7) is 4.66. The predicted octanol–water partition coefficient (Wildman–Crippen LogP) is -1.82. The minimum atomic E-state index is 0. The number of hydrogen-bond acceptors (Lipinski definition) is 0. The fraction of sp³-hybridized carbons (Fsp3) is 0.467. The Bertz CT molecular complexity index is 329. The maximum absolute atomic E-state index is 3.40. The molecule has 0 N–H and O–H groups in total. The van der Waals surface area contributed by atoms with Gasteiger partial charge in [-0.2, -0.15) is 12.2 Å². The van der Waals surface area contributed by atoms with Gasteiger partial charge in [-0.15, -0.1) is 12.8 Å². The zero-order chi connectivity index (χ0) is 10.7. The molecule has 0 aliphatic heterocycles. The second kappa shape index (κ2) is 9.35. The summed E-state index contributed by atoms with van der Waals surface area (Å²) in [5, 5.41) is 0. The van der Waals surface area contributed by atoms with E-state index in [1.165, 1.54) is 11.1 Å². The van der Waals surface area contributed by atoms with Crippen molar-refractivity contribution in [1.82, 2.24) is 0 Å². The molecule has 0 aromatic heterocycles. The predicted molar refractivity (Wildman–Crippen MR) is 64.0 cm³/mol. The van der Waals surface area contributed by atoms with Crippen LogP contribution < -0.4 is 24.8 Å². The normalized spacial score (nSPS) is 16.3. The van der Waals surface area contributed by atoms with Crippen molar-refractivity contribution < 1.29 is 51.0 Å². The minimum absolute atomic E-state index is 0. The molecule has 0 amide bonds. The minimum Gasteiger partial charge on any atom is -1.00 e. The van der Waals surface area contributed by atoms with E-state index in [2.05, 4.69) is 50.3 Å². The van der Waals surface area contributed by atoms with E-state index in [4.69, 9.17) is 0 Å². The van der Waals surface area contributed by atoms with Gasteiger partial charge in [0.15, 0.2) is 0 Å². The van der Waals surface area contributed by atoms with E-state index >= 15 is 0 Å². The number of rotatable bonds is 4. The van der Waals surface area contributed by atoms with Gasteiger partial charge in [-0.05, 0) is 5.41 Å². The topological polar surface area (TPSA) is 0 Å². The average molecular weight is 360 g/mol. The van der Waals surface area contributed by atoms with Crippen molar-refractivity contribution in [2.45, 2.75) is 39.5 Å². The van der Waals surface area contributed by atoms with Crippen LogP contribution in [0.1, 0.15) is 39.5 Å². The molecule has 2 aliphatic carbocycles. The van der Waals surface area contributed by atoms with E-state index in [0.717, 1.165) is 25.7 Å². The Hall–Kier alpha value is 0.423. The number of allylic oxidation sites excluding steroid dienone is 8. The van der Waals surface area contributed by atoms with Crippen LogP contribution in [0, 0.1) is 17.6 Å². The largest absolute Gasteiger partial charge is 4.00 e. The van der Waals surface area contributed by atoms with Gasteiger partial charge in [-0.25, -0.2) is 23.3 Å². The Morgan fingerprint density at radius 3 is 1.61 bits per heavy atom. The fourth-order valence-electron chi connectivity index (χ4n) is 2.24. The van der Waals surface area contributed by atoms with Gasteiger partial charge in [0.2, 0.25) is 0 Å². The van der Waals surface area contributed by atoms with Gasteiger partial charge in [-0.1, -0.05) is 26.7 Å². The van der Waals surface area contributed by atoms with Crippen molar-refractivity contribution in [3.05, 3.63) is 47.6 Å². The third-order valence-electron chi connectivity index (χ3n) is 2.87. The molecule has 0 heterocycles. The molecule has 0 aromatic rings. The third-order valence-corrected chi connectivity index (χ3v) is 2.87. The zero-order valence-corrected chi connectivity index (χ0v) is 14.9. The Labute approximate surface area is 143 Å². The van der Waals surface area contributed by atoms with Crippen LogP contribution in [-0.2, 0) is 26.2 Å². The molecule has 0 saturated carbocycles. The van der Waals surface area contributed by atoms with E-state index in [9.17, 15) is 0 Å². The Kier molecular flexibility index (Phi) is 10.8. The monoisotopic (exact) mass is 358 g/mol. The van der Waals surface area contributed by atoms with Crippen LogP contribution in [0.2, 0.25) is 0 Å². The van der Waals surface area contributed by atoms with Gasteiger partial charge < -0.3 is 24.8 Å². The Balaban J connectivity index is 0. The summed E-state index contributed by atoms with van der Waals surface area (Å²) in [4.78, 5) is 0. The van der Waals surface area contributed by atoms with Gasteiger partial charge in [0.05, 0.1) is 0 Å². The summed E-state index contributed by atoms with van der Waals surface area (Å²) < 4.78 is 0. The summed E-state index contributed by atoms with van der Waals surface area (Å²) in [5.41, 5.74) is 3.08. The molecule has 0 unspecified atom stereocenters. The number of hydrogen-bond donors (Lipinski definition) is 0. The smallest absolute Gasteiger partial charge is 1.00 e. The molecule has 0 aromatic carbocycles. The van der Waals surface area contributed by atoms with Crippen LogP contribution in [0.5, 0.6) is 0 Å². The van der Waals surface area contributed by atoms with Crippen molar-refractivity contribution in [3.63, 3.8) is 0 Å². The zero-order valence-electron chi connectivity index (χ0n) is 10.9. The van der Waals surface area contributed by atoms with Crippen LogP contribution in [0.25, 0.3) is 0 Å². The standard InChI is InChI=1S/C15H18.2ClH.Zr/c1-15(2,11-13-7-3-4-8-13)12-14-9-5-6-10-14;;;/h3,5,7,9H,4,6,11-12H2,1-2H3;2*1H;/q-2;;;+4/p-2. The molecule has 0 radical (unpaired) electrons. The van der Waals surface area contributed by atoms with Gasteiger partial charge in [0.25, 0.3) is 0 Å². The molecule has 2 rings (SSSR count). The molecular formula is C15H18Cl2Zr. The van der Waals surface area contributed by atoms with Gasteiger partial charge >= 0.3 is 26.2 Å². The molecule has 0 nitrogen and oxygen atoms in total. The van der Waals surface area contributed by atoms with Gasteiger partial charge in [0, 0.05) is 0 Å². The molecule has 0 spiro atoms. The number of halogens is 2. The van der Waals surface area contributed by atoms with E-state index in [0.29, 0.717) is 5.41 Å². The van der Waals surface area contributed by atoms with Gasteiger partial charge in [-0.3, -0.25) is 12.2 Å². The summed E-state index contributed by atoms with van der Waals surface area (Å²) in [7, 11) is 0. The Morgan fingerprint density at radius 2 is 1.33 bits per heavy atom. The van der Waals surface area contributed by atoms with E-state index in [-0.39, 0.29) is 51.0 Å². The van der Waals surface area contributed by atoms with Crippen molar-refractivity contribution in [3.8, 4) is 0 Å². The van der Waals surface area contributed by atoms with Crippen molar-refractivity contribution in [2.75, 3.05) is 0 Å². The molecule has 0 fully saturated rings. The second-order valence-corrected chi connectivity index (χ2v) is 5.13. The van der Waals surface area contributed by atoms with E-state index in [1.807, 2.05) is 0 Å². The average Bonchev–Trinajstić information content (AvgIpc) is 2.75. The van der Waals surface area contributed by atoms with Crippen LogP contribution in [0.15, 0.2) is 35.5 Å². The molecule has 2 aliphatic rings. The summed E-state index contributed by atoms with van der Waals surface area (Å²) in [6, 6.07) is 0. The van der Waals surface area contributed by atoms with Gasteiger partial charge in [0.1, 0.15) is 0 Å². The van der Waals surface area contributed by atoms with Crippen molar-refractivity contribution in [2.24, 2.45) is 5.41 Å². The maximum atomic E-state index is 3.40. The van der Waals surface area contributed by atoms with Crippen molar-refractivity contribution >= 4 is 0 Å². The van der Waals surface area contributed by atoms with Crippen molar-refractivity contribution in [1.29, 1.82) is 0 Å². The Morgan fingerprint density at radius 1 is 0.944 bits per heavy atom. The SMILES string of the molecule is CC(C)(CC1=[C-]CC=C1)CC1=[C-]CC=C1.[Cl-].[Cl-].[Zr+4]. The summed E-state index contributed by atoms with van der Waals surface area (Å²) in [6.07, 6.45) is 19.8. The molecule has 0 atom stereocenters. The van der Waals surface area contributed by atoms with Crippen LogP contribution >= 0.6 is 0 Å². The summed E-state index contributed by atoms with van der Waals surface area (Å²) in [5.74, 6) is 0. The first-order valence-corrected chi connectivity index (χ1v) is 5.68. The quantitative estimate of drug-likeness (QED) is 0.518. The molecule has 18 heavy (non-hydrogen) atoms. The molecule has 96 valence electrons. The van der Waals surface area contributed by atoms with Crippen LogP contribution in [0.4, 0.5) is 0 Å². The summed E-state index contributed by atoms with van der Waals surface area (Å²) >= 11 is 0. The van der Waals surface area contributed by atoms with E-state index in [1.54, 1.807) is 0 Å². The molecule has 0 bridgehead atoms. The first-order chi connectivity index (χ1) is 7.16. The first-order valence-electron chi connectivity index (χ1n) is 5.68. The fourth-order valence-corrected chi connectivity index (χ4v) is 2.24. The van der Waals surface area contributed by atoms with Crippen LogP contribution in [-0.4, -0.2) is 0 Å². The van der Waals surface area contributed by atoms with Crippen LogP contribution in [0.3, 0.4) is 0 Å². The first kappa shape index (κ1) is 20.7. The molecular weight excluding hydrogens is 342 g/mol. The third kappa shape index (κ3) is 6.55.